The number of nitrogens with zero attached hydrogens (tertiary/aromatic N) is 1. The monoisotopic (exact) mass is 288 g/mol. The molecule has 1 amide bonds. The van der Waals surface area contributed by atoms with Gasteiger partial charge in [0, 0.05) is 12.1 Å². The van der Waals surface area contributed by atoms with Crippen LogP contribution in [-0.4, -0.2) is 28.7 Å². The molecule has 6 heteroatoms. The van der Waals surface area contributed by atoms with Crippen LogP contribution in [0.3, 0.4) is 0 Å². The third kappa shape index (κ3) is 3.00. The number of H-pyrrole nitrogens is 1. The lowest BCUT2D eigenvalue weighted by Crippen LogP contribution is -2.44. The van der Waals surface area contributed by atoms with Crippen LogP contribution in [-0.2, 0) is 0 Å². The highest BCUT2D eigenvalue weighted by atomic mass is 16.3. The zero-order valence-electron chi connectivity index (χ0n) is 11.8. The summed E-state index contributed by atoms with van der Waals surface area (Å²) < 4.78 is 5.28. The Morgan fingerprint density at radius 1 is 1.48 bits per heavy atom. The number of hydrogen-bond donors (Lipinski definition) is 3. The molecule has 1 aliphatic carbocycles. The second kappa shape index (κ2) is 6.13. The largest absolute Gasteiger partial charge is 0.463 e. The summed E-state index contributed by atoms with van der Waals surface area (Å²) in [5, 5.41) is 9.95. The molecule has 2 heterocycles. The van der Waals surface area contributed by atoms with E-state index in [1.807, 2.05) is 6.07 Å². The summed E-state index contributed by atoms with van der Waals surface area (Å²) in [4.78, 5) is 12.3. The number of furan rings is 1. The summed E-state index contributed by atoms with van der Waals surface area (Å²) in [5.41, 5.74) is 6.87. The maximum absolute atomic E-state index is 12.3. The van der Waals surface area contributed by atoms with Crippen LogP contribution in [0.1, 0.15) is 36.2 Å². The Morgan fingerprint density at radius 2 is 2.33 bits per heavy atom. The molecule has 21 heavy (non-hydrogen) atoms. The predicted molar refractivity (Wildman–Crippen MR) is 78.6 cm³/mol. The van der Waals surface area contributed by atoms with E-state index < -0.39 is 0 Å². The molecule has 6 nitrogen and oxygen atoms in total. The minimum Gasteiger partial charge on any atom is -0.463 e. The molecule has 0 radical (unpaired) electrons. The lowest BCUT2D eigenvalue weighted by atomic mass is 9.84. The van der Waals surface area contributed by atoms with Gasteiger partial charge in [-0.3, -0.25) is 9.89 Å². The van der Waals surface area contributed by atoms with Crippen molar-refractivity contribution < 1.29 is 9.21 Å². The maximum atomic E-state index is 12.3. The molecule has 3 rings (SSSR count). The standard InChI is InChI=1S/C15H20N4O2/c16-9-10-4-1-2-5-11(10)17-15(20)13-8-12(18-19-13)14-6-3-7-21-14/h3,6-8,10-11H,1-2,4-5,9,16H2,(H,17,20)(H,18,19). The molecule has 2 atom stereocenters. The highest BCUT2D eigenvalue weighted by Crippen LogP contribution is 2.24. The summed E-state index contributed by atoms with van der Waals surface area (Å²) in [7, 11) is 0. The molecule has 0 aromatic carbocycles. The lowest BCUT2D eigenvalue weighted by molar-refractivity contribution is 0.0903. The highest BCUT2D eigenvalue weighted by molar-refractivity contribution is 5.93. The van der Waals surface area contributed by atoms with E-state index in [0.717, 1.165) is 19.3 Å². The number of aromatic nitrogens is 2. The Morgan fingerprint density at radius 3 is 3.10 bits per heavy atom. The molecule has 1 fully saturated rings. The smallest absolute Gasteiger partial charge is 0.272 e. The molecular formula is C15H20N4O2. The van der Waals surface area contributed by atoms with E-state index in [2.05, 4.69) is 15.5 Å². The van der Waals surface area contributed by atoms with E-state index in [4.69, 9.17) is 10.2 Å². The number of amides is 1. The van der Waals surface area contributed by atoms with Crippen molar-refractivity contribution in [3.63, 3.8) is 0 Å². The van der Waals surface area contributed by atoms with Gasteiger partial charge in [-0.2, -0.15) is 5.10 Å². The third-order valence-electron chi connectivity index (χ3n) is 4.13. The maximum Gasteiger partial charge on any atom is 0.272 e. The van der Waals surface area contributed by atoms with Gasteiger partial charge in [0.2, 0.25) is 0 Å². The van der Waals surface area contributed by atoms with Crippen molar-refractivity contribution in [2.24, 2.45) is 11.7 Å². The highest BCUT2D eigenvalue weighted by Gasteiger charge is 2.26. The van der Waals surface area contributed by atoms with Gasteiger partial charge in [-0.05, 0) is 37.4 Å². The molecule has 1 saturated carbocycles. The van der Waals surface area contributed by atoms with Crippen molar-refractivity contribution in [3.05, 3.63) is 30.2 Å². The fraction of sp³-hybridized carbons (Fsp3) is 0.467. The lowest BCUT2D eigenvalue weighted by Gasteiger charge is -2.31. The van der Waals surface area contributed by atoms with Gasteiger partial charge >= 0.3 is 0 Å². The molecule has 1 aliphatic rings. The van der Waals surface area contributed by atoms with Crippen molar-refractivity contribution in [3.8, 4) is 11.5 Å². The molecule has 0 bridgehead atoms. The fourth-order valence-corrected chi connectivity index (χ4v) is 2.92. The van der Waals surface area contributed by atoms with Gasteiger partial charge in [0.25, 0.3) is 5.91 Å². The van der Waals surface area contributed by atoms with Crippen molar-refractivity contribution in [2.45, 2.75) is 31.7 Å². The van der Waals surface area contributed by atoms with Crippen LogP contribution in [0.4, 0.5) is 0 Å². The predicted octanol–water partition coefficient (Wildman–Crippen LogP) is 1.92. The minimum atomic E-state index is -0.158. The number of carbonyl (C=O) groups is 1. The summed E-state index contributed by atoms with van der Waals surface area (Å²) in [6, 6.07) is 5.47. The van der Waals surface area contributed by atoms with Gasteiger partial charge < -0.3 is 15.5 Å². The molecule has 2 aromatic rings. The van der Waals surface area contributed by atoms with Crippen LogP contribution in [0, 0.1) is 5.92 Å². The van der Waals surface area contributed by atoms with E-state index in [0.29, 0.717) is 29.6 Å². The van der Waals surface area contributed by atoms with Gasteiger partial charge in [0.05, 0.1) is 6.26 Å². The number of hydrogen-bond acceptors (Lipinski definition) is 4. The van der Waals surface area contributed by atoms with Gasteiger partial charge in [-0.25, -0.2) is 0 Å². The topological polar surface area (TPSA) is 96.9 Å². The Bertz CT molecular complexity index is 591. The zero-order valence-corrected chi connectivity index (χ0v) is 11.8. The average Bonchev–Trinajstić information content (AvgIpc) is 3.18. The summed E-state index contributed by atoms with van der Waals surface area (Å²) in [6.07, 6.45) is 5.99. The first-order chi connectivity index (χ1) is 10.3. The van der Waals surface area contributed by atoms with Gasteiger partial charge in [-0.15, -0.1) is 0 Å². The SMILES string of the molecule is NCC1CCCCC1NC(=O)c1cc(-c2ccco2)[nH]n1. The van der Waals surface area contributed by atoms with E-state index in [1.165, 1.54) is 6.42 Å². The molecule has 2 unspecified atom stereocenters. The zero-order chi connectivity index (χ0) is 14.7. The van der Waals surface area contributed by atoms with E-state index in [-0.39, 0.29) is 11.9 Å². The van der Waals surface area contributed by atoms with Crippen LogP contribution in [0.5, 0.6) is 0 Å². The fourth-order valence-electron chi connectivity index (χ4n) is 2.92. The Kier molecular flexibility index (Phi) is 4.06. The van der Waals surface area contributed by atoms with Crippen LogP contribution in [0.2, 0.25) is 0 Å². The molecule has 0 saturated heterocycles. The molecule has 4 N–H and O–H groups in total. The number of nitrogens with two attached hydrogens (primary N) is 1. The molecular weight excluding hydrogens is 268 g/mol. The van der Waals surface area contributed by atoms with E-state index in [1.54, 1.807) is 18.4 Å². The first-order valence-electron chi connectivity index (χ1n) is 7.38. The van der Waals surface area contributed by atoms with Crippen LogP contribution in [0.15, 0.2) is 28.9 Å². The molecule has 2 aromatic heterocycles. The van der Waals surface area contributed by atoms with E-state index >= 15 is 0 Å². The molecule has 112 valence electrons. The van der Waals surface area contributed by atoms with Crippen molar-refractivity contribution >= 4 is 5.91 Å². The number of rotatable bonds is 4. The summed E-state index contributed by atoms with van der Waals surface area (Å²) in [6.45, 7) is 0.614. The first-order valence-corrected chi connectivity index (χ1v) is 7.38. The second-order valence-corrected chi connectivity index (χ2v) is 5.50. The Hall–Kier alpha value is -2.08. The average molecular weight is 288 g/mol. The second-order valence-electron chi connectivity index (χ2n) is 5.50. The Labute approximate surface area is 123 Å². The number of carbonyl (C=O) groups excluding carboxylic acids is 1. The number of nitrogens with one attached hydrogen (secondary N) is 2. The van der Waals surface area contributed by atoms with Crippen molar-refractivity contribution in [1.82, 2.24) is 15.5 Å². The van der Waals surface area contributed by atoms with Crippen molar-refractivity contribution in [2.75, 3.05) is 6.54 Å². The Balaban J connectivity index is 1.68. The normalized spacial score (nSPS) is 22.1. The first kappa shape index (κ1) is 13.9. The molecule has 0 spiro atoms. The van der Waals surface area contributed by atoms with E-state index in [9.17, 15) is 4.79 Å². The van der Waals surface area contributed by atoms with Crippen molar-refractivity contribution in [1.29, 1.82) is 0 Å². The third-order valence-corrected chi connectivity index (χ3v) is 4.13. The van der Waals surface area contributed by atoms with Crippen LogP contribution in [0.25, 0.3) is 11.5 Å². The summed E-state index contributed by atoms with van der Waals surface area (Å²) in [5.74, 6) is 0.875. The van der Waals surface area contributed by atoms with Gasteiger partial charge in [-0.1, -0.05) is 12.8 Å². The molecule has 0 aliphatic heterocycles. The van der Waals surface area contributed by atoms with Crippen LogP contribution >= 0.6 is 0 Å². The summed E-state index contributed by atoms with van der Waals surface area (Å²) >= 11 is 0. The quantitative estimate of drug-likeness (QED) is 0.800. The van der Waals surface area contributed by atoms with Crippen LogP contribution < -0.4 is 11.1 Å². The minimum absolute atomic E-state index is 0.153. The number of aromatic amines is 1. The van der Waals surface area contributed by atoms with Gasteiger partial charge in [0.15, 0.2) is 11.5 Å². The van der Waals surface area contributed by atoms with Gasteiger partial charge in [0.1, 0.15) is 5.69 Å².